The lowest BCUT2D eigenvalue weighted by Gasteiger charge is -2.31. The molecule has 0 saturated heterocycles. The van der Waals surface area contributed by atoms with Gasteiger partial charge in [-0.15, -0.1) is 0 Å². The fraction of sp³-hybridized carbons (Fsp3) is 1.00. The Labute approximate surface area is 70.2 Å². The zero-order valence-electron chi connectivity index (χ0n) is 8.33. The van der Waals surface area contributed by atoms with Crippen LogP contribution >= 0.6 is 0 Å². The Morgan fingerprint density at radius 3 is 1.45 bits per heavy atom. The van der Waals surface area contributed by atoms with E-state index in [-0.39, 0.29) is 6.10 Å². The van der Waals surface area contributed by atoms with E-state index in [1.54, 1.807) is 0 Å². The van der Waals surface area contributed by atoms with Gasteiger partial charge in [-0.2, -0.15) is 0 Å². The lowest BCUT2D eigenvalue weighted by atomic mass is 10.2. The molecule has 0 saturated carbocycles. The van der Waals surface area contributed by atoms with E-state index >= 15 is 0 Å². The van der Waals surface area contributed by atoms with Gasteiger partial charge in [0, 0.05) is 18.6 Å². The number of aliphatic hydroxyl groups excluding tert-OH is 1. The van der Waals surface area contributed by atoms with Crippen molar-refractivity contribution in [2.75, 3.05) is 6.54 Å². The molecule has 0 amide bonds. The predicted molar refractivity (Wildman–Crippen MR) is 48.7 cm³/mol. The molecule has 68 valence electrons. The van der Waals surface area contributed by atoms with Crippen LogP contribution in [0.2, 0.25) is 0 Å². The third-order valence-electron chi connectivity index (χ3n) is 1.80. The maximum Gasteiger partial charge on any atom is 0.0639 e. The molecule has 0 aliphatic heterocycles. The monoisotopic (exact) mass is 159 g/mol. The lowest BCUT2D eigenvalue weighted by molar-refractivity contribution is 0.0862. The molecular weight excluding hydrogens is 138 g/mol. The lowest BCUT2D eigenvalue weighted by Crippen LogP contribution is -2.41. The van der Waals surface area contributed by atoms with Crippen molar-refractivity contribution in [3.8, 4) is 0 Å². The fourth-order valence-corrected chi connectivity index (χ4v) is 1.32. The molecule has 0 aromatic carbocycles. The van der Waals surface area contributed by atoms with Gasteiger partial charge >= 0.3 is 0 Å². The average Bonchev–Trinajstić information content (AvgIpc) is 1.81. The standard InChI is InChI=1S/C9H21NO/c1-7(2)10(8(3)4)6-9(5)11/h7-9,11H,6H2,1-5H3/t9-/m1/s1. The Morgan fingerprint density at radius 1 is 1.00 bits per heavy atom. The van der Waals surface area contributed by atoms with Crippen LogP contribution in [0.1, 0.15) is 34.6 Å². The molecule has 0 unspecified atom stereocenters. The second kappa shape index (κ2) is 4.73. The highest BCUT2D eigenvalue weighted by Gasteiger charge is 2.14. The van der Waals surface area contributed by atoms with Crippen molar-refractivity contribution in [3.63, 3.8) is 0 Å². The van der Waals surface area contributed by atoms with Gasteiger partial charge in [0.1, 0.15) is 0 Å². The van der Waals surface area contributed by atoms with Gasteiger partial charge < -0.3 is 5.11 Å². The second-order valence-corrected chi connectivity index (χ2v) is 3.73. The minimum Gasteiger partial charge on any atom is -0.392 e. The van der Waals surface area contributed by atoms with E-state index in [0.29, 0.717) is 12.1 Å². The van der Waals surface area contributed by atoms with Gasteiger partial charge in [-0.05, 0) is 34.6 Å². The van der Waals surface area contributed by atoms with Gasteiger partial charge in [0.05, 0.1) is 6.10 Å². The first-order chi connectivity index (χ1) is 4.95. The van der Waals surface area contributed by atoms with E-state index in [2.05, 4.69) is 32.6 Å². The topological polar surface area (TPSA) is 23.5 Å². The van der Waals surface area contributed by atoms with Gasteiger partial charge in [-0.3, -0.25) is 4.90 Å². The van der Waals surface area contributed by atoms with Gasteiger partial charge in [0.2, 0.25) is 0 Å². The Balaban J connectivity index is 3.90. The number of rotatable bonds is 4. The van der Waals surface area contributed by atoms with Gasteiger partial charge in [-0.1, -0.05) is 0 Å². The van der Waals surface area contributed by atoms with Crippen LogP contribution in [0.4, 0.5) is 0 Å². The van der Waals surface area contributed by atoms with Crippen LogP contribution in [0, 0.1) is 0 Å². The van der Waals surface area contributed by atoms with E-state index in [1.807, 2.05) is 6.92 Å². The molecule has 0 radical (unpaired) electrons. The molecule has 0 aliphatic rings. The maximum atomic E-state index is 9.18. The molecule has 0 spiro atoms. The maximum absolute atomic E-state index is 9.18. The van der Waals surface area contributed by atoms with Crippen LogP contribution in [0.25, 0.3) is 0 Å². The largest absolute Gasteiger partial charge is 0.392 e. The molecule has 11 heavy (non-hydrogen) atoms. The number of nitrogens with zero attached hydrogens (tertiary/aromatic N) is 1. The summed E-state index contributed by atoms with van der Waals surface area (Å²) in [5.74, 6) is 0. The van der Waals surface area contributed by atoms with Crippen LogP contribution < -0.4 is 0 Å². The summed E-state index contributed by atoms with van der Waals surface area (Å²) in [4.78, 5) is 2.28. The summed E-state index contributed by atoms with van der Waals surface area (Å²) >= 11 is 0. The molecule has 0 aromatic rings. The smallest absolute Gasteiger partial charge is 0.0639 e. The van der Waals surface area contributed by atoms with Crippen molar-refractivity contribution in [3.05, 3.63) is 0 Å². The molecule has 1 N–H and O–H groups in total. The average molecular weight is 159 g/mol. The van der Waals surface area contributed by atoms with Crippen LogP contribution in [0.15, 0.2) is 0 Å². The van der Waals surface area contributed by atoms with Crippen molar-refractivity contribution in [1.82, 2.24) is 4.90 Å². The summed E-state index contributed by atoms with van der Waals surface area (Å²) in [6.07, 6.45) is -0.222. The van der Waals surface area contributed by atoms with Crippen LogP contribution in [0.5, 0.6) is 0 Å². The van der Waals surface area contributed by atoms with Crippen molar-refractivity contribution >= 4 is 0 Å². The Kier molecular flexibility index (Phi) is 4.69. The van der Waals surface area contributed by atoms with Crippen molar-refractivity contribution < 1.29 is 5.11 Å². The van der Waals surface area contributed by atoms with Crippen LogP contribution in [-0.4, -0.2) is 34.7 Å². The first-order valence-electron chi connectivity index (χ1n) is 4.39. The third-order valence-corrected chi connectivity index (χ3v) is 1.80. The quantitative estimate of drug-likeness (QED) is 0.671. The van der Waals surface area contributed by atoms with Gasteiger partial charge in [0.25, 0.3) is 0 Å². The predicted octanol–water partition coefficient (Wildman–Crippen LogP) is 1.49. The molecule has 0 heterocycles. The van der Waals surface area contributed by atoms with E-state index in [0.717, 1.165) is 6.54 Å². The summed E-state index contributed by atoms with van der Waals surface area (Å²) in [5.41, 5.74) is 0. The SMILES string of the molecule is CC(C)N(C[C@@H](C)O)C(C)C. The number of aliphatic hydroxyl groups is 1. The summed E-state index contributed by atoms with van der Waals surface area (Å²) in [6.45, 7) is 11.2. The zero-order chi connectivity index (χ0) is 9.02. The fourth-order valence-electron chi connectivity index (χ4n) is 1.32. The van der Waals surface area contributed by atoms with E-state index in [4.69, 9.17) is 0 Å². The minimum atomic E-state index is -0.222. The summed E-state index contributed by atoms with van der Waals surface area (Å²) < 4.78 is 0. The van der Waals surface area contributed by atoms with Crippen molar-refractivity contribution in [2.45, 2.75) is 52.8 Å². The molecule has 0 aliphatic carbocycles. The summed E-state index contributed by atoms with van der Waals surface area (Å²) in [5, 5.41) is 9.18. The third kappa shape index (κ3) is 4.38. The van der Waals surface area contributed by atoms with Crippen LogP contribution in [0.3, 0.4) is 0 Å². The minimum absolute atomic E-state index is 0.222. The van der Waals surface area contributed by atoms with E-state index in [1.165, 1.54) is 0 Å². The Bertz CT molecular complexity index is 91.7. The molecule has 0 fully saturated rings. The molecule has 0 aromatic heterocycles. The number of hydrogen-bond donors (Lipinski definition) is 1. The van der Waals surface area contributed by atoms with Crippen molar-refractivity contribution in [2.24, 2.45) is 0 Å². The van der Waals surface area contributed by atoms with Crippen molar-refractivity contribution in [1.29, 1.82) is 0 Å². The molecule has 0 rings (SSSR count). The molecule has 1 atom stereocenters. The second-order valence-electron chi connectivity index (χ2n) is 3.73. The highest BCUT2D eigenvalue weighted by molar-refractivity contribution is 4.69. The highest BCUT2D eigenvalue weighted by Crippen LogP contribution is 2.05. The normalized spacial score (nSPS) is 15.0. The molecule has 0 bridgehead atoms. The van der Waals surface area contributed by atoms with E-state index < -0.39 is 0 Å². The van der Waals surface area contributed by atoms with E-state index in [9.17, 15) is 5.11 Å². The van der Waals surface area contributed by atoms with Gasteiger partial charge in [0.15, 0.2) is 0 Å². The molecular formula is C9H21NO. The molecule has 2 heteroatoms. The Morgan fingerprint density at radius 2 is 1.36 bits per heavy atom. The number of hydrogen-bond acceptors (Lipinski definition) is 2. The highest BCUT2D eigenvalue weighted by atomic mass is 16.3. The Hall–Kier alpha value is -0.0800. The zero-order valence-corrected chi connectivity index (χ0v) is 8.33. The first kappa shape index (κ1) is 10.9. The van der Waals surface area contributed by atoms with Crippen LogP contribution in [-0.2, 0) is 0 Å². The first-order valence-corrected chi connectivity index (χ1v) is 4.39. The summed E-state index contributed by atoms with van der Waals surface area (Å²) in [6, 6.07) is 1.04. The summed E-state index contributed by atoms with van der Waals surface area (Å²) in [7, 11) is 0. The molecule has 2 nitrogen and oxygen atoms in total. The van der Waals surface area contributed by atoms with Gasteiger partial charge in [-0.25, -0.2) is 0 Å².